The van der Waals surface area contributed by atoms with Gasteiger partial charge in [0.25, 0.3) is 11.8 Å². The van der Waals surface area contributed by atoms with Crippen LogP contribution in [0.5, 0.6) is 0 Å². The van der Waals surface area contributed by atoms with E-state index in [9.17, 15) is 37.5 Å². The number of piperidine rings is 1. The summed E-state index contributed by atoms with van der Waals surface area (Å²) in [6, 6.07) is 4.94. The van der Waals surface area contributed by atoms with E-state index in [4.69, 9.17) is 11.6 Å². The third kappa shape index (κ3) is 6.61. The number of pyridine rings is 1. The molecule has 0 spiro atoms. The van der Waals surface area contributed by atoms with Gasteiger partial charge in [0.1, 0.15) is 6.04 Å². The number of hydrazine groups is 1. The number of carbonyl (C=O) groups is 4. The lowest BCUT2D eigenvalue weighted by Crippen LogP contribution is -2.60. The van der Waals surface area contributed by atoms with Crippen molar-refractivity contribution in [1.29, 1.82) is 0 Å². The van der Waals surface area contributed by atoms with Gasteiger partial charge in [-0.15, -0.1) is 13.2 Å². The van der Waals surface area contributed by atoms with Crippen molar-refractivity contribution < 1.29 is 42.2 Å². The number of rotatable bonds is 5. The third-order valence-electron chi connectivity index (χ3n) is 6.45. The van der Waals surface area contributed by atoms with E-state index >= 15 is 0 Å². The number of amides is 4. The molecule has 1 aliphatic carbocycles. The fourth-order valence-electron chi connectivity index (χ4n) is 4.43. The zero-order valence-corrected chi connectivity index (χ0v) is 20.4. The summed E-state index contributed by atoms with van der Waals surface area (Å²) in [5, 5.41) is 13.6. The largest absolute Gasteiger partial charge is 0.522 e. The maximum atomic E-state index is 12.7. The third-order valence-corrected chi connectivity index (χ3v) is 6.68. The van der Waals surface area contributed by atoms with E-state index < -0.39 is 54.3 Å². The van der Waals surface area contributed by atoms with Gasteiger partial charge in [-0.25, -0.2) is 4.79 Å². The number of nitrogens with zero attached hydrogens (tertiary/aromatic N) is 2. The molecule has 4 amide bonds. The summed E-state index contributed by atoms with van der Waals surface area (Å²) in [4.78, 5) is 54.3. The number of carbonyl (C=O) groups excluding carboxylic acids is 3. The van der Waals surface area contributed by atoms with Crippen LogP contribution in [0.15, 0.2) is 30.5 Å². The van der Waals surface area contributed by atoms with Crippen LogP contribution in [0.2, 0.25) is 5.02 Å². The van der Waals surface area contributed by atoms with Crippen LogP contribution in [0.4, 0.5) is 18.0 Å². The smallest absolute Gasteiger partial charge is 0.465 e. The van der Waals surface area contributed by atoms with Crippen LogP contribution in [0.25, 0.3) is 10.9 Å². The Hall–Kier alpha value is -3.65. The van der Waals surface area contributed by atoms with Gasteiger partial charge in [0.05, 0.1) is 17.2 Å². The minimum absolute atomic E-state index is 0.0539. The number of hydrogen-bond donors (Lipinski definition) is 4. The first kappa shape index (κ1) is 27.4. The molecule has 2 fully saturated rings. The van der Waals surface area contributed by atoms with Gasteiger partial charge in [-0.1, -0.05) is 17.7 Å². The van der Waals surface area contributed by atoms with Crippen molar-refractivity contribution in [3.63, 3.8) is 0 Å². The van der Waals surface area contributed by atoms with Crippen LogP contribution in [-0.4, -0.2) is 69.9 Å². The molecule has 2 heterocycles. The highest BCUT2D eigenvalue weighted by Crippen LogP contribution is 2.34. The Morgan fingerprint density at radius 1 is 1.08 bits per heavy atom. The zero-order valence-electron chi connectivity index (χ0n) is 19.6. The van der Waals surface area contributed by atoms with Crippen molar-refractivity contribution in [2.24, 2.45) is 5.92 Å². The van der Waals surface area contributed by atoms with Crippen LogP contribution < -0.4 is 16.2 Å². The van der Waals surface area contributed by atoms with E-state index in [0.29, 0.717) is 15.9 Å². The highest BCUT2D eigenvalue weighted by molar-refractivity contribution is 6.31. The quantitative estimate of drug-likeness (QED) is 0.413. The molecule has 0 bridgehead atoms. The van der Waals surface area contributed by atoms with Crippen LogP contribution in [0.3, 0.4) is 0 Å². The van der Waals surface area contributed by atoms with Gasteiger partial charge >= 0.3 is 12.5 Å². The van der Waals surface area contributed by atoms with Gasteiger partial charge in [0.15, 0.2) is 0 Å². The highest BCUT2D eigenvalue weighted by atomic mass is 35.5. The predicted molar refractivity (Wildman–Crippen MR) is 126 cm³/mol. The van der Waals surface area contributed by atoms with Crippen molar-refractivity contribution >= 4 is 46.3 Å². The molecular weight excluding hydrogens is 535 g/mol. The molecule has 2 aliphatic rings. The van der Waals surface area contributed by atoms with E-state index in [2.05, 4.69) is 25.9 Å². The van der Waals surface area contributed by atoms with E-state index in [1.165, 1.54) is 6.20 Å². The SMILES string of the molecule is O=C(N[C@H]1CC[C@H](C(=O)NNC(=O)C2CC(OC(F)(F)F)C2)N(C(=O)O)C1)c1cnc2cc(Cl)ccc2c1. The van der Waals surface area contributed by atoms with Crippen molar-refractivity contribution in [2.75, 3.05) is 6.54 Å². The van der Waals surface area contributed by atoms with Gasteiger partial charge in [-0.3, -0.25) is 39.9 Å². The van der Waals surface area contributed by atoms with Gasteiger partial charge in [-0.05, 0) is 43.9 Å². The van der Waals surface area contributed by atoms with Gasteiger partial charge in [0, 0.05) is 35.1 Å². The lowest BCUT2D eigenvalue weighted by Gasteiger charge is -2.37. The summed E-state index contributed by atoms with van der Waals surface area (Å²) >= 11 is 5.95. The molecule has 1 aromatic heterocycles. The van der Waals surface area contributed by atoms with E-state index in [1.807, 2.05) is 0 Å². The van der Waals surface area contributed by atoms with E-state index in [-0.39, 0.29) is 37.8 Å². The molecule has 0 radical (unpaired) electrons. The van der Waals surface area contributed by atoms with E-state index in [0.717, 1.165) is 4.90 Å². The number of fused-ring (bicyclic) bond motifs is 1. The highest BCUT2D eigenvalue weighted by Gasteiger charge is 2.43. The topological polar surface area (TPSA) is 150 Å². The summed E-state index contributed by atoms with van der Waals surface area (Å²) in [6.45, 7) is -0.178. The maximum absolute atomic E-state index is 12.7. The van der Waals surface area contributed by atoms with Gasteiger partial charge < -0.3 is 10.4 Å². The molecule has 1 aromatic carbocycles. The standard InChI is InChI=1S/C23H23ClF3N5O6/c24-14-2-1-11-5-13(9-28-17(11)8-14)19(33)29-15-3-4-18(32(10-15)22(36)37)21(35)31-30-20(34)12-6-16(7-12)38-23(25,26)27/h1-2,5,8-9,12,15-16,18H,3-4,6-7,10H2,(H,29,33)(H,30,34)(H,31,35)(H,36,37)/t12?,15-,16?,18+/m0/s1. The fraction of sp³-hybridized carbons (Fsp3) is 0.435. The second kappa shape index (κ2) is 11.0. The Bertz CT molecular complexity index is 1260. The van der Waals surface area contributed by atoms with Crippen LogP contribution in [0.1, 0.15) is 36.0 Å². The molecule has 2 aromatic rings. The summed E-state index contributed by atoms with van der Waals surface area (Å²) in [5.74, 6) is -2.74. The Kier molecular flexibility index (Phi) is 7.92. The monoisotopic (exact) mass is 557 g/mol. The summed E-state index contributed by atoms with van der Waals surface area (Å²) < 4.78 is 40.4. The predicted octanol–water partition coefficient (Wildman–Crippen LogP) is 2.59. The number of aromatic nitrogens is 1. The number of ether oxygens (including phenoxy) is 1. The molecule has 1 aliphatic heterocycles. The summed E-state index contributed by atoms with van der Waals surface area (Å²) in [5.41, 5.74) is 5.14. The van der Waals surface area contributed by atoms with Crippen molar-refractivity contribution in [3.8, 4) is 0 Å². The molecule has 11 nitrogen and oxygen atoms in total. The molecular formula is C23H23ClF3N5O6. The number of nitrogens with one attached hydrogen (secondary N) is 3. The number of benzene rings is 1. The molecule has 1 saturated heterocycles. The molecule has 0 unspecified atom stereocenters. The first-order chi connectivity index (χ1) is 17.9. The van der Waals surface area contributed by atoms with Crippen LogP contribution >= 0.6 is 11.6 Å². The van der Waals surface area contributed by atoms with Crippen molar-refractivity contribution in [3.05, 3.63) is 41.0 Å². The lowest BCUT2D eigenvalue weighted by atomic mass is 9.82. The Morgan fingerprint density at radius 2 is 1.79 bits per heavy atom. The molecule has 15 heteroatoms. The lowest BCUT2D eigenvalue weighted by molar-refractivity contribution is -0.353. The van der Waals surface area contributed by atoms with Crippen LogP contribution in [0, 0.1) is 5.92 Å². The summed E-state index contributed by atoms with van der Waals surface area (Å²) in [7, 11) is 0. The number of hydrogen-bond acceptors (Lipinski definition) is 6. The average molecular weight is 558 g/mol. The molecule has 4 rings (SSSR count). The minimum Gasteiger partial charge on any atom is -0.465 e. The second-order valence-electron chi connectivity index (χ2n) is 9.09. The molecule has 204 valence electrons. The van der Waals surface area contributed by atoms with Crippen molar-refractivity contribution in [1.82, 2.24) is 26.1 Å². The van der Waals surface area contributed by atoms with Crippen LogP contribution in [-0.2, 0) is 14.3 Å². The normalized spacial score (nSPS) is 23.3. The first-order valence-electron chi connectivity index (χ1n) is 11.6. The fourth-order valence-corrected chi connectivity index (χ4v) is 4.60. The Labute approximate surface area is 218 Å². The molecule has 2 atom stereocenters. The maximum Gasteiger partial charge on any atom is 0.522 e. The molecule has 38 heavy (non-hydrogen) atoms. The second-order valence-corrected chi connectivity index (χ2v) is 9.53. The number of carboxylic acid groups (broad SMARTS) is 1. The molecule has 4 N–H and O–H groups in total. The van der Waals surface area contributed by atoms with Crippen molar-refractivity contribution in [2.45, 2.75) is 50.2 Å². The van der Waals surface area contributed by atoms with Gasteiger partial charge in [0.2, 0.25) is 5.91 Å². The first-order valence-corrected chi connectivity index (χ1v) is 12.0. The Morgan fingerprint density at radius 3 is 2.47 bits per heavy atom. The number of halogens is 4. The average Bonchev–Trinajstić information content (AvgIpc) is 2.83. The van der Waals surface area contributed by atoms with E-state index in [1.54, 1.807) is 24.3 Å². The minimum atomic E-state index is -4.79. The number of alkyl halides is 3. The Balaban J connectivity index is 1.28. The summed E-state index contributed by atoms with van der Waals surface area (Å²) in [6.07, 6.45) is -5.93. The zero-order chi connectivity index (χ0) is 27.6. The number of likely N-dealkylation sites (tertiary alicyclic amines) is 1. The van der Waals surface area contributed by atoms with Gasteiger partial charge in [-0.2, -0.15) is 0 Å². The molecule has 1 saturated carbocycles.